The molecular formula is C16H23NO2. The summed E-state index contributed by atoms with van der Waals surface area (Å²) in [5, 5.41) is 0. The fourth-order valence-electron chi connectivity index (χ4n) is 2.79. The van der Waals surface area contributed by atoms with Crippen molar-refractivity contribution in [3.05, 3.63) is 35.9 Å². The fraction of sp³-hybridized carbons (Fsp3) is 0.562. The SMILES string of the molecule is CN(C)CC1CCCCC1OC(=O)c1ccccc1. The number of hydrogen-bond donors (Lipinski definition) is 0. The number of hydrogen-bond acceptors (Lipinski definition) is 3. The highest BCUT2D eigenvalue weighted by Gasteiger charge is 2.28. The third-order valence-electron chi connectivity index (χ3n) is 3.71. The lowest BCUT2D eigenvalue weighted by molar-refractivity contribution is -0.00324. The van der Waals surface area contributed by atoms with E-state index in [4.69, 9.17) is 4.74 Å². The predicted octanol–water partition coefficient (Wildman–Crippen LogP) is 2.96. The number of benzene rings is 1. The van der Waals surface area contributed by atoms with Crippen LogP contribution in [0.1, 0.15) is 36.0 Å². The van der Waals surface area contributed by atoms with Gasteiger partial charge in [0.2, 0.25) is 0 Å². The minimum absolute atomic E-state index is 0.0730. The molecule has 3 nitrogen and oxygen atoms in total. The number of nitrogens with zero attached hydrogens (tertiary/aromatic N) is 1. The Morgan fingerprint density at radius 3 is 2.58 bits per heavy atom. The van der Waals surface area contributed by atoms with Gasteiger partial charge in [0.15, 0.2) is 0 Å². The van der Waals surface area contributed by atoms with Gasteiger partial charge in [-0.25, -0.2) is 4.79 Å². The van der Waals surface area contributed by atoms with Gasteiger partial charge in [-0.2, -0.15) is 0 Å². The zero-order chi connectivity index (χ0) is 13.7. The lowest BCUT2D eigenvalue weighted by Gasteiger charge is -2.32. The average Bonchev–Trinajstić information content (AvgIpc) is 2.41. The number of carbonyl (C=O) groups is 1. The topological polar surface area (TPSA) is 29.5 Å². The Bertz CT molecular complexity index is 402. The molecule has 104 valence electrons. The molecule has 1 aliphatic carbocycles. The molecule has 0 spiro atoms. The van der Waals surface area contributed by atoms with E-state index in [0.29, 0.717) is 11.5 Å². The van der Waals surface area contributed by atoms with E-state index < -0.39 is 0 Å². The predicted molar refractivity (Wildman–Crippen MR) is 76.2 cm³/mol. The van der Waals surface area contributed by atoms with Crippen LogP contribution in [-0.2, 0) is 4.74 Å². The molecule has 2 unspecified atom stereocenters. The van der Waals surface area contributed by atoms with Crippen LogP contribution in [0.2, 0.25) is 0 Å². The van der Waals surface area contributed by atoms with E-state index >= 15 is 0 Å². The molecular weight excluding hydrogens is 238 g/mol. The van der Waals surface area contributed by atoms with Crippen LogP contribution < -0.4 is 0 Å². The summed E-state index contributed by atoms with van der Waals surface area (Å²) < 4.78 is 5.73. The second-order valence-electron chi connectivity index (χ2n) is 5.62. The molecule has 1 aromatic carbocycles. The maximum absolute atomic E-state index is 12.1. The van der Waals surface area contributed by atoms with Crippen molar-refractivity contribution in [1.29, 1.82) is 0 Å². The van der Waals surface area contributed by atoms with Crippen molar-refractivity contribution in [3.8, 4) is 0 Å². The maximum Gasteiger partial charge on any atom is 0.338 e. The molecule has 1 aromatic rings. The summed E-state index contributed by atoms with van der Waals surface area (Å²) in [5.41, 5.74) is 0.650. The molecule has 2 atom stereocenters. The van der Waals surface area contributed by atoms with Crippen molar-refractivity contribution in [2.24, 2.45) is 5.92 Å². The fourth-order valence-corrected chi connectivity index (χ4v) is 2.79. The summed E-state index contributed by atoms with van der Waals surface area (Å²) in [4.78, 5) is 14.3. The van der Waals surface area contributed by atoms with Crippen LogP contribution >= 0.6 is 0 Å². The standard InChI is InChI=1S/C16H23NO2/c1-17(2)12-14-10-6-7-11-15(14)19-16(18)13-8-4-3-5-9-13/h3-5,8-9,14-15H,6-7,10-12H2,1-2H3. The van der Waals surface area contributed by atoms with E-state index in [1.807, 2.05) is 30.3 Å². The van der Waals surface area contributed by atoms with Crippen molar-refractivity contribution in [2.45, 2.75) is 31.8 Å². The molecule has 0 radical (unpaired) electrons. The normalized spacial score (nSPS) is 23.3. The van der Waals surface area contributed by atoms with Gasteiger partial charge < -0.3 is 9.64 Å². The molecule has 0 N–H and O–H groups in total. The first kappa shape index (κ1) is 14.1. The summed E-state index contributed by atoms with van der Waals surface area (Å²) in [5.74, 6) is 0.285. The van der Waals surface area contributed by atoms with Gasteiger partial charge in [-0.3, -0.25) is 0 Å². The van der Waals surface area contributed by atoms with Crippen molar-refractivity contribution in [1.82, 2.24) is 4.90 Å². The van der Waals surface area contributed by atoms with Gasteiger partial charge >= 0.3 is 5.97 Å². The molecule has 19 heavy (non-hydrogen) atoms. The molecule has 0 bridgehead atoms. The van der Waals surface area contributed by atoms with E-state index in [-0.39, 0.29) is 12.1 Å². The maximum atomic E-state index is 12.1. The number of esters is 1. The first-order chi connectivity index (χ1) is 9.16. The molecule has 1 saturated carbocycles. The van der Waals surface area contributed by atoms with Crippen molar-refractivity contribution in [2.75, 3.05) is 20.6 Å². The van der Waals surface area contributed by atoms with Gasteiger partial charge in [0.1, 0.15) is 6.10 Å². The summed E-state index contributed by atoms with van der Waals surface area (Å²) in [6.07, 6.45) is 4.64. The third kappa shape index (κ3) is 4.06. The summed E-state index contributed by atoms with van der Waals surface area (Å²) in [6.45, 7) is 0.993. The Morgan fingerprint density at radius 2 is 1.89 bits per heavy atom. The smallest absolute Gasteiger partial charge is 0.338 e. The molecule has 1 fully saturated rings. The molecule has 3 heteroatoms. The van der Waals surface area contributed by atoms with Gasteiger partial charge in [0.05, 0.1) is 5.56 Å². The number of rotatable bonds is 4. The van der Waals surface area contributed by atoms with E-state index in [1.54, 1.807) is 0 Å². The lowest BCUT2D eigenvalue weighted by Crippen LogP contribution is -2.36. The van der Waals surface area contributed by atoms with Gasteiger partial charge in [-0.1, -0.05) is 24.6 Å². The highest BCUT2D eigenvalue weighted by Crippen LogP contribution is 2.28. The first-order valence-electron chi connectivity index (χ1n) is 7.07. The second-order valence-corrected chi connectivity index (χ2v) is 5.62. The summed E-state index contributed by atoms with van der Waals surface area (Å²) in [6, 6.07) is 9.27. The average molecular weight is 261 g/mol. The number of carbonyl (C=O) groups excluding carboxylic acids is 1. The monoisotopic (exact) mass is 261 g/mol. The van der Waals surface area contributed by atoms with Crippen LogP contribution in [0.15, 0.2) is 30.3 Å². The number of ether oxygens (including phenoxy) is 1. The largest absolute Gasteiger partial charge is 0.458 e. The van der Waals surface area contributed by atoms with Gasteiger partial charge in [-0.05, 0) is 45.5 Å². The van der Waals surface area contributed by atoms with Gasteiger partial charge in [0, 0.05) is 12.5 Å². The van der Waals surface area contributed by atoms with Crippen molar-refractivity contribution in [3.63, 3.8) is 0 Å². The zero-order valence-electron chi connectivity index (χ0n) is 11.8. The minimum Gasteiger partial charge on any atom is -0.458 e. The van der Waals surface area contributed by atoms with Crippen LogP contribution in [0.4, 0.5) is 0 Å². The first-order valence-corrected chi connectivity index (χ1v) is 7.07. The van der Waals surface area contributed by atoms with Crippen LogP contribution in [0.3, 0.4) is 0 Å². The Morgan fingerprint density at radius 1 is 1.21 bits per heavy atom. The molecule has 0 aliphatic heterocycles. The molecule has 0 aromatic heterocycles. The van der Waals surface area contributed by atoms with E-state index in [2.05, 4.69) is 19.0 Å². The van der Waals surface area contributed by atoms with Gasteiger partial charge in [-0.15, -0.1) is 0 Å². The minimum atomic E-state index is -0.184. The van der Waals surface area contributed by atoms with Crippen molar-refractivity contribution < 1.29 is 9.53 Å². The summed E-state index contributed by atoms with van der Waals surface area (Å²) in [7, 11) is 4.15. The van der Waals surface area contributed by atoms with E-state index in [1.165, 1.54) is 6.42 Å². The van der Waals surface area contributed by atoms with Crippen molar-refractivity contribution >= 4 is 5.97 Å². The Kier molecular flexibility index (Phi) is 4.97. The van der Waals surface area contributed by atoms with E-state index in [0.717, 1.165) is 25.8 Å². The quantitative estimate of drug-likeness (QED) is 0.780. The molecule has 1 aliphatic rings. The van der Waals surface area contributed by atoms with Crippen LogP contribution in [-0.4, -0.2) is 37.6 Å². The Balaban J connectivity index is 1.97. The third-order valence-corrected chi connectivity index (χ3v) is 3.71. The summed E-state index contributed by atoms with van der Waals surface area (Å²) >= 11 is 0. The lowest BCUT2D eigenvalue weighted by atomic mass is 9.86. The van der Waals surface area contributed by atoms with Gasteiger partial charge in [0.25, 0.3) is 0 Å². The molecule has 2 rings (SSSR count). The molecule has 0 amide bonds. The van der Waals surface area contributed by atoms with Crippen LogP contribution in [0, 0.1) is 5.92 Å². The molecule has 0 heterocycles. The molecule has 0 saturated heterocycles. The highest BCUT2D eigenvalue weighted by molar-refractivity contribution is 5.89. The zero-order valence-corrected chi connectivity index (χ0v) is 11.8. The highest BCUT2D eigenvalue weighted by atomic mass is 16.5. The van der Waals surface area contributed by atoms with Crippen LogP contribution in [0.25, 0.3) is 0 Å². The van der Waals surface area contributed by atoms with Crippen LogP contribution in [0.5, 0.6) is 0 Å². The Hall–Kier alpha value is -1.35. The Labute approximate surface area is 115 Å². The second kappa shape index (κ2) is 6.71. The van der Waals surface area contributed by atoms with E-state index in [9.17, 15) is 4.79 Å².